The number of benzene rings is 2. The molecule has 14 nitrogen and oxygen atoms in total. The number of rotatable bonds is 26. The lowest BCUT2D eigenvalue weighted by molar-refractivity contribution is -0.145. The van der Waals surface area contributed by atoms with Crippen molar-refractivity contribution in [2.75, 3.05) is 24.6 Å². The van der Waals surface area contributed by atoms with Gasteiger partial charge in [0, 0.05) is 56.1 Å². The Morgan fingerprint density at radius 1 is 0.750 bits per heavy atom. The van der Waals surface area contributed by atoms with Crippen LogP contribution in [-0.2, 0) is 41.8 Å². The number of nitrogens with zero attached hydrogens (tertiary/aromatic N) is 4. The molecule has 3 aliphatic rings. The predicted molar refractivity (Wildman–Crippen MR) is 249 cm³/mol. The first kappa shape index (κ1) is 48.3. The quantitative estimate of drug-likeness (QED) is 0.0467. The topological polar surface area (TPSA) is 191 Å². The van der Waals surface area contributed by atoms with Gasteiger partial charge in [0.25, 0.3) is 0 Å². The summed E-state index contributed by atoms with van der Waals surface area (Å²) in [4.78, 5) is 65.4. The van der Waals surface area contributed by atoms with Crippen LogP contribution in [0.1, 0.15) is 147 Å². The first-order valence-electron chi connectivity index (χ1n) is 24.4. The second-order valence-electron chi connectivity index (χ2n) is 18.1. The number of unbranched alkanes of at least 4 members (excludes halogenated alkanes) is 7. The van der Waals surface area contributed by atoms with Gasteiger partial charge in [0.15, 0.2) is 0 Å². The van der Waals surface area contributed by atoms with E-state index in [4.69, 9.17) is 10.5 Å². The van der Waals surface area contributed by atoms with E-state index in [-0.39, 0.29) is 48.5 Å². The molecule has 1 aliphatic heterocycles. The molecule has 2 aromatic carbocycles. The number of aryl methyl sites for hydroxylation is 1. The van der Waals surface area contributed by atoms with Crippen LogP contribution in [0.25, 0.3) is 22.5 Å². The summed E-state index contributed by atoms with van der Waals surface area (Å²) in [6.07, 6.45) is 16.6. The van der Waals surface area contributed by atoms with Gasteiger partial charge in [0.2, 0.25) is 23.6 Å². The number of amides is 4. The van der Waals surface area contributed by atoms with Crippen LogP contribution in [0, 0.1) is 11.8 Å². The molecule has 0 bridgehead atoms. The van der Waals surface area contributed by atoms with E-state index in [0.717, 1.165) is 110 Å². The van der Waals surface area contributed by atoms with Crippen molar-refractivity contribution in [3.05, 3.63) is 54.1 Å². The Hall–Kier alpha value is -5.11. The number of hydrogen-bond donors (Lipinski definition) is 4. The first-order chi connectivity index (χ1) is 31.2. The van der Waals surface area contributed by atoms with Crippen molar-refractivity contribution >= 4 is 35.3 Å². The fourth-order valence-corrected chi connectivity index (χ4v) is 9.17. The molecule has 2 aliphatic carbocycles. The van der Waals surface area contributed by atoms with Crippen LogP contribution < -0.4 is 26.6 Å². The second-order valence-corrected chi connectivity index (χ2v) is 18.1. The minimum atomic E-state index is -0.622. The van der Waals surface area contributed by atoms with Gasteiger partial charge in [-0.05, 0) is 113 Å². The molecule has 4 amide bonds. The Bertz CT molecular complexity index is 1990. The molecule has 14 heteroatoms. The molecule has 2 heterocycles. The van der Waals surface area contributed by atoms with Gasteiger partial charge in [-0.1, -0.05) is 73.9 Å². The molecule has 3 atom stereocenters. The maximum atomic E-state index is 14.0. The van der Waals surface area contributed by atoms with Crippen LogP contribution in [0.4, 0.5) is 5.69 Å². The molecule has 3 unspecified atom stereocenters. The third kappa shape index (κ3) is 14.7. The van der Waals surface area contributed by atoms with E-state index in [0.29, 0.717) is 71.3 Å². The summed E-state index contributed by atoms with van der Waals surface area (Å²) in [5.41, 5.74) is 11.5. The van der Waals surface area contributed by atoms with E-state index < -0.39 is 6.04 Å². The number of nitrogens with one attached hydrogen (secondary N) is 3. The minimum Gasteiger partial charge on any atom is -0.466 e. The number of ether oxygens (including phenoxy) is 1. The summed E-state index contributed by atoms with van der Waals surface area (Å²) in [7, 11) is 0. The van der Waals surface area contributed by atoms with E-state index in [2.05, 4.69) is 33.2 Å². The van der Waals surface area contributed by atoms with Crippen molar-refractivity contribution in [2.24, 2.45) is 17.6 Å². The number of carbonyl (C=O) groups is 5. The van der Waals surface area contributed by atoms with Crippen LogP contribution in [0.15, 0.2) is 48.5 Å². The monoisotopic (exact) mass is 881 g/mol. The third-order valence-electron chi connectivity index (χ3n) is 13.1. The molecular formula is C50H72N8O6. The average molecular weight is 881 g/mol. The lowest BCUT2D eigenvalue weighted by atomic mass is 9.95. The number of fused-ring (bicyclic) bond motifs is 6. The SMILES string of the molecule is CCCCCNC(=O)CCCCC(=O)N1Cc2ccccc2-c2nnn(CCCCC(N)C(=O)NCCCCCCOC(=O)CCC(=O)NC3CCC4CC4CC3)c2-c2ccccc21. The van der Waals surface area contributed by atoms with Gasteiger partial charge in [-0.3, -0.25) is 24.0 Å². The third-order valence-corrected chi connectivity index (χ3v) is 13.1. The molecule has 3 aromatic rings. The molecule has 2 fully saturated rings. The molecule has 64 heavy (non-hydrogen) atoms. The largest absolute Gasteiger partial charge is 0.466 e. The predicted octanol–water partition coefficient (Wildman–Crippen LogP) is 7.52. The molecule has 348 valence electrons. The van der Waals surface area contributed by atoms with E-state index in [9.17, 15) is 24.0 Å². The molecule has 5 N–H and O–H groups in total. The zero-order valence-corrected chi connectivity index (χ0v) is 38.1. The number of para-hydroxylation sites is 1. The second kappa shape index (κ2) is 25.4. The summed E-state index contributed by atoms with van der Waals surface area (Å²) < 4.78 is 7.25. The van der Waals surface area contributed by atoms with Crippen molar-refractivity contribution in [2.45, 2.75) is 167 Å². The summed E-state index contributed by atoms with van der Waals surface area (Å²) in [6, 6.07) is 15.6. The number of aromatic nitrogens is 3. The standard InChI is InChI=1S/C50H72N8O6/c1-2-3-13-30-52-44(59)22-10-11-23-46(61)57-35-38-17-6-7-18-40(38)48-49(41-19-8-9-21-43(41)57)58(56-55-48)32-15-12-20-42(51)50(63)53-31-14-4-5-16-33-64-47(62)29-28-45(60)54-39-26-24-36-34-37(36)25-27-39/h6-9,17-19,21,36-37,39,42H,2-5,10-16,20,22-35,51H2,1H3,(H,52,59)(H,53,63)(H,54,60). The van der Waals surface area contributed by atoms with Gasteiger partial charge < -0.3 is 31.3 Å². The van der Waals surface area contributed by atoms with Crippen molar-refractivity contribution in [3.63, 3.8) is 0 Å². The van der Waals surface area contributed by atoms with Gasteiger partial charge >= 0.3 is 5.97 Å². The average Bonchev–Trinajstić information content (AvgIpc) is 3.98. The zero-order chi connectivity index (χ0) is 45.1. The number of hydrogen-bond acceptors (Lipinski definition) is 9. The van der Waals surface area contributed by atoms with Crippen LogP contribution >= 0.6 is 0 Å². The Kier molecular flexibility index (Phi) is 19.2. The first-order valence-corrected chi connectivity index (χ1v) is 24.4. The van der Waals surface area contributed by atoms with Gasteiger partial charge in [0.05, 0.1) is 37.0 Å². The van der Waals surface area contributed by atoms with Crippen LogP contribution in [0.5, 0.6) is 0 Å². The van der Waals surface area contributed by atoms with Gasteiger partial charge in [-0.15, -0.1) is 5.10 Å². The van der Waals surface area contributed by atoms with Gasteiger partial charge in [-0.2, -0.15) is 0 Å². The smallest absolute Gasteiger partial charge is 0.306 e. The molecule has 0 radical (unpaired) electrons. The zero-order valence-electron chi connectivity index (χ0n) is 38.1. The summed E-state index contributed by atoms with van der Waals surface area (Å²) in [5.74, 6) is 1.25. The molecule has 0 spiro atoms. The molecule has 1 aromatic heterocycles. The Morgan fingerprint density at radius 3 is 2.28 bits per heavy atom. The van der Waals surface area contributed by atoms with Crippen molar-refractivity contribution in [1.29, 1.82) is 0 Å². The Balaban J connectivity index is 0.884. The summed E-state index contributed by atoms with van der Waals surface area (Å²) in [5, 5.41) is 18.3. The molecule has 2 saturated carbocycles. The van der Waals surface area contributed by atoms with Crippen LogP contribution in [-0.4, -0.2) is 76.4 Å². The number of carbonyl (C=O) groups excluding carboxylic acids is 5. The van der Waals surface area contributed by atoms with Gasteiger partial charge in [-0.25, -0.2) is 4.68 Å². The molecule has 0 saturated heterocycles. The van der Waals surface area contributed by atoms with Crippen LogP contribution in [0.2, 0.25) is 0 Å². The fraction of sp³-hybridized carbons (Fsp3) is 0.620. The summed E-state index contributed by atoms with van der Waals surface area (Å²) in [6.45, 7) is 4.67. The Morgan fingerprint density at radius 2 is 1.47 bits per heavy atom. The highest BCUT2D eigenvalue weighted by Gasteiger charge is 2.39. The van der Waals surface area contributed by atoms with Crippen molar-refractivity contribution in [3.8, 4) is 22.5 Å². The molecular weight excluding hydrogens is 809 g/mol. The maximum absolute atomic E-state index is 14.0. The minimum absolute atomic E-state index is 0.00736. The van der Waals surface area contributed by atoms with E-state index in [1.807, 2.05) is 58.1 Å². The van der Waals surface area contributed by atoms with Crippen molar-refractivity contribution < 1.29 is 28.7 Å². The maximum Gasteiger partial charge on any atom is 0.306 e. The highest BCUT2D eigenvalue weighted by atomic mass is 16.5. The van der Waals surface area contributed by atoms with Crippen LogP contribution in [0.3, 0.4) is 0 Å². The number of esters is 1. The van der Waals surface area contributed by atoms with Crippen molar-refractivity contribution in [1.82, 2.24) is 30.9 Å². The lowest BCUT2D eigenvalue weighted by Gasteiger charge is -2.29. The Labute approximate surface area is 379 Å². The highest BCUT2D eigenvalue weighted by Crippen LogP contribution is 2.48. The highest BCUT2D eigenvalue weighted by molar-refractivity contribution is 6.00. The normalized spacial score (nSPS) is 17.8. The van der Waals surface area contributed by atoms with E-state index in [1.165, 1.54) is 19.3 Å². The fourth-order valence-electron chi connectivity index (χ4n) is 9.17. The van der Waals surface area contributed by atoms with Gasteiger partial charge in [0.1, 0.15) is 5.69 Å². The number of nitrogens with two attached hydrogens (primary N) is 1. The summed E-state index contributed by atoms with van der Waals surface area (Å²) >= 11 is 0. The van der Waals surface area contributed by atoms with E-state index >= 15 is 0 Å². The van der Waals surface area contributed by atoms with E-state index in [1.54, 1.807) is 0 Å². The number of anilines is 1. The molecule has 6 rings (SSSR count). The lowest BCUT2D eigenvalue weighted by Crippen LogP contribution is -2.40.